The van der Waals surface area contributed by atoms with E-state index in [0.29, 0.717) is 30.1 Å². The van der Waals surface area contributed by atoms with E-state index in [4.69, 9.17) is 11.6 Å². The summed E-state index contributed by atoms with van der Waals surface area (Å²) in [6, 6.07) is 5.29. The van der Waals surface area contributed by atoms with Crippen LogP contribution in [0.4, 0.5) is 5.69 Å². The third-order valence-electron chi connectivity index (χ3n) is 4.12. The molecule has 2 N–H and O–H groups in total. The fourth-order valence-electron chi connectivity index (χ4n) is 2.44. The van der Waals surface area contributed by atoms with E-state index in [0.717, 1.165) is 24.8 Å². The van der Waals surface area contributed by atoms with Crippen molar-refractivity contribution in [3.8, 4) is 0 Å². The van der Waals surface area contributed by atoms with Gasteiger partial charge in [-0.15, -0.1) is 0 Å². The van der Waals surface area contributed by atoms with Crippen molar-refractivity contribution in [1.82, 2.24) is 5.32 Å². The lowest BCUT2D eigenvalue weighted by Gasteiger charge is -2.16. The zero-order valence-electron chi connectivity index (χ0n) is 13.2. The largest absolute Gasteiger partial charge is 0.355 e. The molecule has 2 rings (SSSR count). The normalized spacial score (nSPS) is 15.2. The Balaban J connectivity index is 1.95. The first kappa shape index (κ1) is 16.8. The summed E-state index contributed by atoms with van der Waals surface area (Å²) in [6.07, 6.45) is 4.38. The topological polar surface area (TPSA) is 58.2 Å². The minimum Gasteiger partial charge on any atom is -0.355 e. The van der Waals surface area contributed by atoms with Gasteiger partial charge in [-0.1, -0.05) is 31.4 Å². The van der Waals surface area contributed by atoms with E-state index in [1.807, 2.05) is 6.92 Å². The standard InChI is InChI=1S/C17H23ClN2O2/c1-3-4-5-10-19-15(21)17(8-9-17)16(22)20-14-7-6-13(18)11-12(14)2/h6-7,11H,3-5,8-10H2,1-2H3,(H,19,21)(H,20,22). The van der Waals surface area contributed by atoms with Crippen LogP contribution in [0.15, 0.2) is 18.2 Å². The molecule has 1 aliphatic rings. The number of hydrogen-bond donors (Lipinski definition) is 2. The third-order valence-corrected chi connectivity index (χ3v) is 4.36. The molecule has 120 valence electrons. The second-order valence-electron chi connectivity index (χ2n) is 5.96. The zero-order valence-corrected chi connectivity index (χ0v) is 13.9. The molecule has 2 amide bonds. The predicted molar refractivity (Wildman–Crippen MR) is 89.0 cm³/mol. The van der Waals surface area contributed by atoms with Gasteiger partial charge in [0.25, 0.3) is 0 Å². The van der Waals surface area contributed by atoms with Crippen LogP contribution in [0.5, 0.6) is 0 Å². The van der Waals surface area contributed by atoms with Crippen LogP contribution < -0.4 is 10.6 Å². The Labute approximate surface area is 136 Å². The lowest BCUT2D eigenvalue weighted by molar-refractivity contribution is -0.134. The number of unbranched alkanes of at least 4 members (excludes halogenated alkanes) is 2. The number of rotatable bonds is 7. The van der Waals surface area contributed by atoms with Crippen molar-refractivity contribution in [3.05, 3.63) is 28.8 Å². The zero-order chi connectivity index (χ0) is 16.2. The van der Waals surface area contributed by atoms with Crippen molar-refractivity contribution in [3.63, 3.8) is 0 Å². The number of hydrogen-bond acceptors (Lipinski definition) is 2. The molecule has 0 radical (unpaired) electrons. The monoisotopic (exact) mass is 322 g/mol. The number of carbonyl (C=O) groups excluding carboxylic acids is 2. The first-order valence-electron chi connectivity index (χ1n) is 7.85. The van der Waals surface area contributed by atoms with Crippen LogP contribution in [0.3, 0.4) is 0 Å². The van der Waals surface area contributed by atoms with Crippen LogP contribution in [-0.2, 0) is 9.59 Å². The summed E-state index contributed by atoms with van der Waals surface area (Å²) < 4.78 is 0. The molecule has 0 bridgehead atoms. The number of halogens is 1. The highest BCUT2D eigenvalue weighted by Gasteiger charge is 2.56. The van der Waals surface area contributed by atoms with Crippen LogP contribution in [0, 0.1) is 12.3 Å². The first-order valence-corrected chi connectivity index (χ1v) is 8.23. The van der Waals surface area contributed by atoms with Gasteiger partial charge in [-0.2, -0.15) is 0 Å². The fraction of sp³-hybridized carbons (Fsp3) is 0.529. The van der Waals surface area contributed by atoms with Gasteiger partial charge in [-0.25, -0.2) is 0 Å². The van der Waals surface area contributed by atoms with Crippen molar-refractivity contribution in [1.29, 1.82) is 0 Å². The summed E-state index contributed by atoms with van der Waals surface area (Å²) in [5, 5.41) is 6.38. The lowest BCUT2D eigenvalue weighted by Crippen LogP contribution is -2.40. The number of benzene rings is 1. The fourth-order valence-corrected chi connectivity index (χ4v) is 2.66. The predicted octanol–water partition coefficient (Wildman–Crippen LogP) is 3.67. The van der Waals surface area contributed by atoms with E-state index in [2.05, 4.69) is 17.6 Å². The summed E-state index contributed by atoms with van der Waals surface area (Å²) in [5.74, 6) is -0.362. The van der Waals surface area contributed by atoms with Gasteiger partial charge in [0, 0.05) is 17.3 Å². The van der Waals surface area contributed by atoms with Gasteiger partial charge in [-0.05, 0) is 49.9 Å². The van der Waals surface area contributed by atoms with Crippen LogP contribution in [0.25, 0.3) is 0 Å². The summed E-state index contributed by atoms with van der Waals surface area (Å²) >= 11 is 5.91. The Morgan fingerprint density at radius 1 is 1.23 bits per heavy atom. The summed E-state index contributed by atoms with van der Waals surface area (Å²) in [6.45, 7) is 4.64. The van der Waals surface area contributed by atoms with Crippen molar-refractivity contribution < 1.29 is 9.59 Å². The van der Waals surface area contributed by atoms with Gasteiger partial charge >= 0.3 is 0 Å². The molecule has 1 aliphatic carbocycles. The number of aryl methyl sites for hydroxylation is 1. The SMILES string of the molecule is CCCCCNC(=O)C1(C(=O)Nc2ccc(Cl)cc2C)CC1. The molecule has 5 heteroatoms. The van der Waals surface area contributed by atoms with Gasteiger partial charge < -0.3 is 10.6 Å². The lowest BCUT2D eigenvalue weighted by atomic mass is 10.0. The molecule has 1 aromatic rings. The molecular weight excluding hydrogens is 300 g/mol. The van der Waals surface area contributed by atoms with E-state index >= 15 is 0 Å². The third kappa shape index (κ3) is 3.80. The molecule has 0 heterocycles. The van der Waals surface area contributed by atoms with E-state index < -0.39 is 5.41 Å². The van der Waals surface area contributed by atoms with Gasteiger partial charge in [0.1, 0.15) is 5.41 Å². The Hall–Kier alpha value is -1.55. The minimum absolute atomic E-state index is 0.146. The molecule has 0 atom stereocenters. The molecule has 0 saturated heterocycles. The Bertz CT molecular complexity index is 568. The van der Waals surface area contributed by atoms with E-state index in [9.17, 15) is 9.59 Å². The molecule has 1 saturated carbocycles. The molecule has 4 nitrogen and oxygen atoms in total. The molecule has 0 unspecified atom stereocenters. The van der Waals surface area contributed by atoms with Crippen molar-refractivity contribution in [2.45, 2.75) is 46.0 Å². The molecule has 0 aromatic heterocycles. The highest BCUT2D eigenvalue weighted by atomic mass is 35.5. The van der Waals surface area contributed by atoms with Gasteiger partial charge in [-0.3, -0.25) is 9.59 Å². The molecule has 1 aromatic carbocycles. The maximum Gasteiger partial charge on any atom is 0.240 e. The second-order valence-corrected chi connectivity index (χ2v) is 6.39. The first-order chi connectivity index (χ1) is 10.5. The quantitative estimate of drug-likeness (QED) is 0.594. The molecule has 1 fully saturated rings. The van der Waals surface area contributed by atoms with Crippen LogP contribution in [0.2, 0.25) is 5.02 Å². The van der Waals surface area contributed by atoms with Crippen molar-refractivity contribution in [2.24, 2.45) is 5.41 Å². The molecule has 22 heavy (non-hydrogen) atoms. The van der Waals surface area contributed by atoms with Crippen molar-refractivity contribution >= 4 is 29.1 Å². The average Bonchev–Trinajstić information content (AvgIpc) is 3.28. The van der Waals surface area contributed by atoms with E-state index in [-0.39, 0.29) is 11.8 Å². The Morgan fingerprint density at radius 2 is 1.95 bits per heavy atom. The minimum atomic E-state index is -0.877. The second kappa shape index (κ2) is 7.14. The Morgan fingerprint density at radius 3 is 2.55 bits per heavy atom. The maximum absolute atomic E-state index is 12.5. The van der Waals surface area contributed by atoms with Crippen LogP contribution >= 0.6 is 11.6 Å². The van der Waals surface area contributed by atoms with E-state index in [1.165, 1.54) is 0 Å². The van der Waals surface area contributed by atoms with Gasteiger partial charge in [0.05, 0.1) is 0 Å². The highest BCUT2D eigenvalue weighted by Crippen LogP contribution is 2.47. The number of carbonyl (C=O) groups is 2. The number of anilines is 1. The summed E-state index contributed by atoms with van der Waals surface area (Å²) in [4.78, 5) is 24.7. The van der Waals surface area contributed by atoms with E-state index in [1.54, 1.807) is 18.2 Å². The maximum atomic E-state index is 12.5. The Kier molecular flexibility index (Phi) is 5.46. The number of amides is 2. The molecule has 0 spiro atoms. The highest BCUT2D eigenvalue weighted by molar-refractivity contribution is 6.30. The van der Waals surface area contributed by atoms with Crippen LogP contribution in [-0.4, -0.2) is 18.4 Å². The summed E-state index contributed by atoms with van der Waals surface area (Å²) in [7, 11) is 0. The van der Waals surface area contributed by atoms with Crippen LogP contribution in [0.1, 0.15) is 44.6 Å². The average molecular weight is 323 g/mol. The molecule has 0 aliphatic heterocycles. The molecular formula is C17H23ClN2O2. The van der Waals surface area contributed by atoms with Gasteiger partial charge in [0.2, 0.25) is 11.8 Å². The summed E-state index contributed by atoms with van der Waals surface area (Å²) in [5.41, 5.74) is 0.720. The van der Waals surface area contributed by atoms with Crippen molar-refractivity contribution in [2.75, 3.05) is 11.9 Å². The smallest absolute Gasteiger partial charge is 0.240 e. The number of nitrogens with one attached hydrogen (secondary N) is 2. The van der Waals surface area contributed by atoms with Gasteiger partial charge in [0.15, 0.2) is 0 Å².